The van der Waals surface area contributed by atoms with Gasteiger partial charge in [0.05, 0.1) is 23.4 Å². The number of hydrogen-bond acceptors (Lipinski definition) is 5. The topological polar surface area (TPSA) is 92.7 Å². The average Bonchev–Trinajstić information content (AvgIpc) is 3.67. The number of para-hydroxylation sites is 1. The Morgan fingerprint density at radius 2 is 1.90 bits per heavy atom. The zero-order valence-electron chi connectivity index (χ0n) is 21.3. The smallest absolute Gasteiger partial charge is 0.246 e. The van der Waals surface area contributed by atoms with Gasteiger partial charge in [0.2, 0.25) is 18.6 Å². The van der Waals surface area contributed by atoms with Gasteiger partial charge in [0.1, 0.15) is 12.6 Å². The number of nitrogens with zero attached hydrogens (tertiary/aromatic N) is 4. The molecule has 2 atom stereocenters. The fraction of sp³-hybridized carbons (Fsp3) is 0.233. The average molecular weight is 520 g/mol. The molecule has 2 amide bonds. The SMILES string of the molecule is Cn1cnc2cc(CN3CC(=O)N4[C@H](c5ccc6c(c5)OCO6)c5[nH]c6ccccc6c5C[C@@H]4C3=O)ccc21. The second kappa shape index (κ2) is 8.10. The number of rotatable bonds is 3. The van der Waals surface area contributed by atoms with Gasteiger partial charge in [-0.2, -0.15) is 0 Å². The van der Waals surface area contributed by atoms with Crippen LogP contribution in [0, 0.1) is 0 Å². The van der Waals surface area contributed by atoms with Crippen molar-refractivity contribution in [3.63, 3.8) is 0 Å². The Balaban J connectivity index is 1.21. The third-order valence-corrected chi connectivity index (χ3v) is 8.22. The zero-order chi connectivity index (χ0) is 26.2. The number of aromatic amines is 1. The lowest BCUT2D eigenvalue weighted by Crippen LogP contribution is -2.62. The number of aromatic nitrogens is 3. The van der Waals surface area contributed by atoms with Crippen LogP contribution in [0.2, 0.25) is 0 Å². The molecule has 194 valence electrons. The van der Waals surface area contributed by atoms with Crippen molar-refractivity contribution in [1.29, 1.82) is 0 Å². The summed E-state index contributed by atoms with van der Waals surface area (Å²) in [5, 5.41) is 1.08. The Morgan fingerprint density at radius 3 is 2.82 bits per heavy atom. The molecule has 0 aliphatic carbocycles. The summed E-state index contributed by atoms with van der Waals surface area (Å²) >= 11 is 0. The number of nitrogens with one attached hydrogen (secondary N) is 1. The minimum Gasteiger partial charge on any atom is -0.454 e. The first-order chi connectivity index (χ1) is 19.0. The maximum absolute atomic E-state index is 14.1. The van der Waals surface area contributed by atoms with Gasteiger partial charge >= 0.3 is 0 Å². The number of amides is 2. The van der Waals surface area contributed by atoms with Crippen molar-refractivity contribution in [2.75, 3.05) is 13.3 Å². The molecule has 9 heteroatoms. The van der Waals surface area contributed by atoms with Crippen molar-refractivity contribution in [2.24, 2.45) is 7.05 Å². The highest BCUT2D eigenvalue weighted by molar-refractivity contribution is 5.97. The van der Waals surface area contributed by atoms with Crippen molar-refractivity contribution in [1.82, 2.24) is 24.3 Å². The Kier molecular flexibility index (Phi) is 4.62. The number of benzene rings is 3. The lowest BCUT2D eigenvalue weighted by Gasteiger charge is -2.47. The van der Waals surface area contributed by atoms with Crippen LogP contribution in [0.1, 0.15) is 28.4 Å². The summed E-state index contributed by atoms with van der Waals surface area (Å²) in [5.74, 6) is 1.21. The van der Waals surface area contributed by atoms with Crippen LogP contribution in [-0.4, -0.2) is 55.5 Å². The Bertz CT molecular complexity index is 1820. The van der Waals surface area contributed by atoms with E-state index in [9.17, 15) is 9.59 Å². The molecule has 3 aliphatic rings. The third kappa shape index (κ3) is 3.29. The number of carbonyl (C=O) groups excluding carboxylic acids is 2. The quantitative estimate of drug-likeness (QED) is 0.393. The molecule has 3 aliphatic heterocycles. The molecule has 9 nitrogen and oxygen atoms in total. The first-order valence-corrected chi connectivity index (χ1v) is 13.0. The van der Waals surface area contributed by atoms with E-state index in [-0.39, 0.29) is 25.2 Å². The standard InChI is InChI=1S/C30H25N5O4/c1-33-15-31-22-10-17(6-8-23(22)33)13-34-14-27(36)35-24(30(34)37)12-20-19-4-2-3-5-21(19)32-28(20)29(35)18-7-9-25-26(11-18)39-16-38-25/h2-11,15,24,29,32H,12-14,16H2,1H3/t24-,29-/m1/s1. The molecule has 5 aromatic rings. The summed E-state index contributed by atoms with van der Waals surface area (Å²) in [6.45, 7) is 0.549. The Morgan fingerprint density at radius 1 is 1.03 bits per heavy atom. The highest BCUT2D eigenvalue weighted by Gasteiger charge is 2.48. The van der Waals surface area contributed by atoms with Gasteiger partial charge in [-0.15, -0.1) is 0 Å². The Hall–Kier alpha value is -4.79. The van der Waals surface area contributed by atoms with Crippen LogP contribution < -0.4 is 9.47 Å². The molecular formula is C30H25N5O4. The van der Waals surface area contributed by atoms with Crippen molar-refractivity contribution < 1.29 is 19.1 Å². The molecule has 3 aromatic carbocycles. The summed E-state index contributed by atoms with van der Waals surface area (Å²) in [6.07, 6.45) is 2.24. The fourth-order valence-electron chi connectivity index (χ4n) is 6.39. The van der Waals surface area contributed by atoms with Crippen molar-refractivity contribution in [3.8, 4) is 11.5 Å². The molecule has 0 bridgehead atoms. The van der Waals surface area contributed by atoms with Gasteiger partial charge in [0, 0.05) is 36.6 Å². The molecular weight excluding hydrogens is 494 g/mol. The highest BCUT2D eigenvalue weighted by Crippen LogP contribution is 2.45. The number of ether oxygens (including phenoxy) is 2. The number of hydrogen-bond donors (Lipinski definition) is 1. The molecule has 1 N–H and O–H groups in total. The number of carbonyl (C=O) groups is 2. The van der Waals surface area contributed by atoms with Crippen molar-refractivity contribution in [2.45, 2.75) is 25.0 Å². The first kappa shape index (κ1) is 22.2. The summed E-state index contributed by atoms with van der Waals surface area (Å²) in [7, 11) is 1.95. The summed E-state index contributed by atoms with van der Waals surface area (Å²) in [5.41, 5.74) is 6.74. The second-order valence-corrected chi connectivity index (χ2v) is 10.5. The number of H-pyrrole nitrogens is 1. The lowest BCUT2D eigenvalue weighted by atomic mass is 9.86. The van der Waals surface area contributed by atoms with E-state index in [2.05, 4.69) is 16.0 Å². The number of imidazole rings is 1. The minimum absolute atomic E-state index is 0.0200. The molecule has 1 fully saturated rings. The zero-order valence-corrected chi connectivity index (χ0v) is 21.3. The number of aryl methyl sites for hydroxylation is 1. The predicted octanol–water partition coefficient (Wildman–Crippen LogP) is 3.67. The molecule has 0 saturated carbocycles. The second-order valence-electron chi connectivity index (χ2n) is 10.5. The van der Waals surface area contributed by atoms with Crippen LogP contribution in [0.15, 0.2) is 67.0 Å². The van der Waals surface area contributed by atoms with Crippen molar-refractivity contribution in [3.05, 3.63) is 89.4 Å². The minimum atomic E-state index is -0.605. The molecule has 39 heavy (non-hydrogen) atoms. The molecule has 1 saturated heterocycles. The first-order valence-electron chi connectivity index (χ1n) is 13.0. The van der Waals surface area contributed by atoms with Crippen LogP contribution in [0.3, 0.4) is 0 Å². The van der Waals surface area contributed by atoms with Gasteiger partial charge in [-0.1, -0.05) is 30.3 Å². The molecule has 8 rings (SSSR count). The molecule has 5 heterocycles. The van der Waals surface area contributed by atoms with Gasteiger partial charge in [-0.25, -0.2) is 4.98 Å². The van der Waals surface area contributed by atoms with E-state index in [1.54, 1.807) is 16.1 Å². The van der Waals surface area contributed by atoms with Gasteiger partial charge in [-0.05, 0) is 47.0 Å². The number of fused-ring (bicyclic) bond motifs is 6. The molecule has 0 unspecified atom stereocenters. The van der Waals surface area contributed by atoms with Crippen LogP contribution in [0.4, 0.5) is 0 Å². The normalized spacial score (nSPS) is 20.1. The summed E-state index contributed by atoms with van der Waals surface area (Å²) < 4.78 is 13.1. The third-order valence-electron chi connectivity index (χ3n) is 8.22. The monoisotopic (exact) mass is 519 g/mol. The molecule has 0 spiro atoms. The van der Waals surface area contributed by atoms with Gasteiger partial charge in [-0.3, -0.25) is 9.59 Å². The summed E-state index contributed by atoms with van der Waals surface area (Å²) in [6, 6.07) is 18.8. The highest BCUT2D eigenvalue weighted by atomic mass is 16.7. The largest absolute Gasteiger partial charge is 0.454 e. The number of piperazine rings is 1. The van der Waals surface area contributed by atoms with Crippen molar-refractivity contribution >= 4 is 33.8 Å². The maximum atomic E-state index is 14.1. The van der Waals surface area contributed by atoms with Gasteiger partial charge in [0.25, 0.3) is 0 Å². The van der Waals surface area contributed by atoms with Crippen LogP contribution in [-0.2, 0) is 29.6 Å². The fourth-order valence-corrected chi connectivity index (χ4v) is 6.39. The summed E-state index contributed by atoms with van der Waals surface area (Å²) in [4.78, 5) is 39.4. The maximum Gasteiger partial charge on any atom is 0.246 e. The van der Waals surface area contributed by atoms with E-state index in [0.717, 1.165) is 44.3 Å². The van der Waals surface area contributed by atoms with Gasteiger partial charge in [0.15, 0.2) is 11.5 Å². The van der Waals surface area contributed by atoms with Crippen LogP contribution in [0.5, 0.6) is 11.5 Å². The van der Waals surface area contributed by atoms with E-state index < -0.39 is 12.1 Å². The van der Waals surface area contributed by atoms with E-state index >= 15 is 0 Å². The molecule has 2 aromatic heterocycles. The van der Waals surface area contributed by atoms with E-state index in [0.29, 0.717) is 24.5 Å². The van der Waals surface area contributed by atoms with E-state index in [1.807, 2.05) is 66.2 Å². The van der Waals surface area contributed by atoms with E-state index in [1.165, 1.54) is 0 Å². The lowest BCUT2D eigenvalue weighted by molar-refractivity contribution is -0.159. The Labute approximate surface area is 223 Å². The van der Waals surface area contributed by atoms with Crippen LogP contribution in [0.25, 0.3) is 21.9 Å². The van der Waals surface area contributed by atoms with Crippen LogP contribution >= 0.6 is 0 Å². The molecule has 0 radical (unpaired) electrons. The van der Waals surface area contributed by atoms with E-state index in [4.69, 9.17) is 9.47 Å². The van der Waals surface area contributed by atoms with Gasteiger partial charge < -0.3 is 28.8 Å². The predicted molar refractivity (Wildman–Crippen MR) is 143 cm³/mol.